The first-order valence-electron chi connectivity index (χ1n) is 10.5. The summed E-state index contributed by atoms with van der Waals surface area (Å²) in [5.74, 6) is -0.407. The van der Waals surface area contributed by atoms with Gasteiger partial charge in [-0.05, 0) is 80.6 Å². The highest BCUT2D eigenvalue weighted by molar-refractivity contribution is 6.03. The molecule has 0 aromatic heterocycles. The van der Waals surface area contributed by atoms with Crippen molar-refractivity contribution in [1.82, 2.24) is 0 Å². The second-order valence-electron chi connectivity index (χ2n) is 8.26. The number of hydrogen-bond donors (Lipinski definition) is 1. The van der Waals surface area contributed by atoms with Gasteiger partial charge in [-0.15, -0.1) is 0 Å². The van der Waals surface area contributed by atoms with Crippen LogP contribution >= 0.6 is 0 Å². The molecule has 0 saturated carbocycles. The summed E-state index contributed by atoms with van der Waals surface area (Å²) in [4.78, 5) is 29.4. The first-order chi connectivity index (χ1) is 14.0. The van der Waals surface area contributed by atoms with Crippen molar-refractivity contribution in [3.8, 4) is 0 Å². The summed E-state index contributed by atoms with van der Waals surface area (Å²) in [5.41, 5.74) is 5.21. The van der Waals surface area contributed by atoms with Crippen LogP contribution in [-0.4, -0.2) is 31.4 Å². The van der Waals surface area contributed by atoms with Crippen LogP contribution in [0.2, 0.25) is 0 Å². The van der Waals surface area contributed by atoms with E-state index >= 15 is 0 Å². The zero-order valence-electron chi connectivity index (χ0n) is 17.3. The minimum absolute atomic E-state index is 0.00819. The Kier molecular flexibility index (Phi) is 5.56. The third-order valence-corrected chi connectivity index (χ3v) is 6.15. The van der Waals surface area contributed by atoms with Gasteiger partial charge in [0, 0.05) is 43.1 Å². The molecule has 1 unspecified atom stereocenters. The van der Waals surface area contributed by atoms with E-state index in [1.807, 2.05) is 37.3 Å². The molecule has 2 saturated heterocycles. The van der Waals surface area contributed by atoms with Crippen molar-refractivity contribution >= 4 is 28.9 Å². The zero-order valence-corrected chi connectivity index (χ0v) is 17.3. The number of nitrogens with one attached hydrogen (secondary N) is 1. The van der Waals surface area contributed by atoms with Crippen LogP contribution in [0.5, 0.6) is 0 Å². The number of carbonyl (C=O) groups excluding carboxylic acids is 2. The first-order valence-corrected chi connectivity index (χ1v) is 10.5. The van der Waals surface area contributed by atoms with Crippen molar-refractivity contribution in [1.29, 1.82) is 0 Å². The highest BCUT2D eigenvalue weighted by atomic mass is 16.2. The van der Waals surface area contributed by atoms with Crippen LogP contribution in [0, 0.1) is 19.8 Å². The Morgan fingerprint density at radius 2 is 1.62 bits per heavy atom. The monoisotopic (exact) mass is 391 g/mol. The Bertz CT molecular complexity index is 901. The quantitative estimate of drug-likeness (QED) is 0.846. The van der Waals surface area contributed by atoms with Gasteiger partial charge in [-0.25, -0.2) is 0 Å². The molecule has 2 amide bonds. The molecule has 29 heavy (non-hydrogen) atoms. The number of benzene rings is 2. The van der Waals surface area contributed by atoms with Crippen LogP contribution in [0.15, 0.2) is 42.5 Å². The number of aryl methyl sites for hydroxylation is 2. The SMILES string of the molecule is Cc1ccc(N2CC(C(=O)Nc3ccc(N4CCCCC4)cc3)CC2=O)cc1C. The van der Waals surface area contributed by atoms with E-state index < -0.39 is 0 Å². The minimum atomic E-state index is -0.328. The summed E-state index contributed by atoms with van der Waals surface area (Å²) in [6.45, 7) is 6.72. The van der Waals surface area contributed by atoms with E-state index in [0.29, 0.717) is 6.54 Å². The van der Waals surface area contributed by atoms with Crippen LogP contribution in [0.25, 0.3) is 0 Å². The lowest BCUT2D eigenvalue weighted by atomic mass is 10.1. The molecule has 0 aliphatic carbocycles. The van der Waals surface area contributed by atoms with Gasteiger partial charge in [0.2, 0.25) is 11.8 Å². The standard InChI is InChI=1S/C24H29N3O2/c1-17-6-9-22(14-18(17)2)27-16-19(15-23(27)28)24(29)25-20-7-10-21(11-8-20)26-12-4-3-5-13-26/h6-11,14,19H,3-5,12-13,15-16H2,1-2H3,(H,25,29). The Morgan fingerprint density at radius 3 is 2.31 bits per heavy atom. The number of amides is 2. The summed E-state index contributed by atoms with van der Waals surface area (Å²) in [7, 11) is 0. The lowest BCUT2D eigenvalue weighted by molar-refractivity contribution is -0.122. The summed E-state index contributed by atoms with van der Waals surface area (Å²) in [5, 5.41) is 2.99. The van der Waals surface area contributed by atoms with Crippen molar-refractivity contribution in [2.45, 2.75) is 39.5 Å². The van der Waals surface area contributed by atoms with E-state index in [0.717, 1.165) is 30.0 Å². The van der Waals surface area contributed by atoms with E-state index in [-0.39, 0.29) is 24.2 Å². The summed E-state index contributed by atoms with van der Waals surface area (Å²) < 4.78 is 0. The van der Waals surface area contributed by atoms with Crippen LogP contribution in [-0.2, 0) is 9.59 Å². The van der Waals surface area contributed by atoms with Crippen molar-refractivity contribution in [2.75, 3.05) is 34.8 Å². The van der Waals surface area contributed by atoms with Gasteiger partial charge in [0.15, 0.2) is 0 Å². The van der Waals surface area contributed by atoms with Gasteiger partial charge >= 0.3 is 0 Å². The third kappa shape index (κ3) is 4.29. The predicted molar refractivity (Wildman–Crippen MR) is 118 cm³/mol. The Morgan fingerprint density at radius 1 is 0.931 bits per heavy atom. The molecule has 1 N–H and O–H groups in total. The number of nitrogens with zero attached hydrogens (tertiary/aromatic N) is 2. The molecular weight excluding hydrogens is 362 g/mol. The van der Waals surface area contributed by atoms with Crippen LogP contribution in [0.3, 0.4) is 0 Å². The fraction of sp³-hybridized carbons (Fsp3) is 0.417. The fourth-order valence-corrected chi connectivity index (χ4v) is 4.18. The van der Waals surface area contributed by atoms with Gasteiger partial charge in [0.1, 0.15) is 0 Å². The number of carbonyl (C=O) groups is 2. The van der Waals surface area contributed by atoms with Crippen molar-refractivity contribution in [3.63, 3.8) is 0 Å². The van der Waals surface area contributed by atoms with Crippen LogP contribution in [0.1, 0.15) is 36.8 Å². The number of anilines is 3. The second kappa shape index (κ2) is 8.27. The van der Waals surface area contributed by atoms with E-state index in [1.165, 1.54) is 30.5 Å². The first kappa shape index (κ1) is 19.5. The van der Waals surface area contributed by atoms with Crippen molar-refractivity contribution < 1.29 is 9.59 Å². The highest BCUT2D eigenvalue weighted by Gasteiger charge is 2.35. The molecule has 5 heteroatoms. The van der Waals surface area contributed by atoms with Gasteiger partial charge in [-0.2, -0.15) is 0 Å². The molecule has 2 heterocycles. The molecule has 2 fully saturated rings. The summed E-state index contributed by atoms with van der Waals surface area (Å²) in [6.07, 6.45) is 4.05. The lowest BCUT2D eigenvalue weighted by Gasteiger charge is -2.28. The predicted octanol–water partition coefficient (Wildman–Crippen LogP) is 4.29. The third-order valence-electron chi connectivity index (χ3n) is 6.15. The molecule has 2 aromatic rings. The Hall–Kier alpha value is -2.82. The Labute approximate surface area is 172 Å². The molecule has 2 aliphatic rings. The molecule has 0 spiro atoms. The highest BCUT2D eigenvalue weighted by Crippen LogP contribution is 2.28. The molecule has 2 aliphatic heterocycles. The molecule has 1 atom stereocenters. The lowest BCUT2D eigenvalue weighted by Crippen LogP contribution is -2.29. The van der Waals surface area contributed by atoms with E-state index in [1.54, 1.807) is 4.90 Å². The zero-order chi connectivity index (χ0) is 20.4. The molecule has 4 rings (SSSR count). The number of piperidine rings is 1. The summed E-state index contributed by atoms with van der Waals surface area (Å²) in [6, 6.07) is 14.1. The van der Waals surface area contributed by atoms with Crippen LogP contribution < -0.4 is 15.1 Å². The van der Waals surface area contributed by atoms with Gasteiger partial charge < -0.3 is 15.1 Å². The van der Waals surface area contributed by atoms with Crippen molar-refractivity contribution in [2.24, 2.45) is 5.92 Å². The van der Waals surface area contributed by atoms with Gasteiger partial charge in [0.05, 0.1) is 5.92 Å². The minimum Gasteiger partial charge on any atom is -0.372 e. The average Bonchev–Trinajstić information content (AvgIpc) is 3.13. The van der Waals surface area contributed by atoms with Gasteiger partial charge in [0.25, 0.3) is 0 Å². The van der Waals surface area contributed by atoms with E-state index in [2.05, 4.69) is 29.3 Å². The van der Waals surface area contributed by atoms with E-state index in [9.17, 15) is 9.59 Å². The smallest absolute Gasteiger partial charge is 0.229 e. The maximum absolute atomic E-state index is 12.7. The van der Waals surface area contributed by atoms with E-state index in [4.69, 9.17) is 0 Å². The summed E-state index contributed by atoms with van der Waals surface area (Å²) >= 11 is 0. The molecule has 2 aromatic carbocycles. The molecule has 0 radical (unpaired) electrons. The van der Waals surface area contributed by atoms with Crippen LogP contribution in [0.4, 0.5) is 17.1 Å². The topological polar surface area (TPSA) is 52.7 Å². The largest absolute Gasteiger partial charge is 0.372 e. The average molecular weight is 392 g/mol. The van der Waals surface area contributed by atoms with Gasteiger partial charge in [-0.3, -0.25) is 9.59 Å². The molecule has 0 bridgehead atoms. The maximum atomic E-state index is 12.7. The molecule has 5 nitrogen and oxygen atoms in total. The van der Waals surface area contributed by atoms with Crippen molar-refractivity contribution in [3.05, 3.63) is 53.6 Å². The second-order valence-corrected chi connectivity index (χ2v) is 8.26. The molecular formula is C24H29N3O2. The van der Waals surface area contributed by atoms with Gasteiger partial charge in [-0.1, -0.05) is 6.07 Å². The normalized spacial score (nSPS) is 19.5. The fourth-order valence-electron chi connectivity index (χ4n) is 4.18. The maximum Gasteiger partial charge on any atom is 0.229 e. The number of hydrogen-bond acceptors (Lipinski definition) is 3. The Balaban J connectivity index is 1.38. The number of rotatable bonds is 4. The molecule has 152 valence electrons.